The van der Waals surface area contributed by atoms with Crippen molar-refractivity contribution in [2.45, 2.75) is 26.2 Å². The van der Waals surface area contributed by atoms with E-state index >= 15 is 0 Å². The van der Waals surface area contributed by atoms with Crippen molar-refractivity contribution in [1.82, 2.24) is 24.3 Å². The molecule has 1 saturated heterocycles. The van der Waals surface area contributed by atoms with E-state index in [1.807, 2.05) is 42.8 Å². The van der Waals surface area contributed by atoms with Crippen LogP contribution in [-0.4, -0.2) is 57.5 Å². The summed E-state index contributed by atoms with van der Waals surface area (Å²) < 4.78 is 8.04. The van der Waals surface area contributed by atoms with Gasteiger partial charge in [0.2, 0.25) is 11.8 Å². The second kappa shape index (κ2) is 8.43. The van der Waals surface area contributed by atoms with Gasteiger partial charge in [-0.1, -0.05) is 0 Å². The molecule has 0 radical (unpaired) electrons. The maximum Gasteiger partial charge on any atom is 0.229 e. The van der Waals surface area contributed by atoms with Gasteiger partial charge in [0.05, 0.1) is 6.61 Å². The normalized spacial score (nSPS) is 14.5. The smallest absolute Gasteiger partial charge is 0.229 e. The number of rotatable bonds is 8. The SMILES string of the molecule is CNc1cc(C)nc(Nc2cc(OCCCN3CCCC3)n3ccnc3c2)n1. The van der Waals surface area contributed by atoms with Crippen molar-refractivity contribution in [3.05, 3.63) is 36.3 Å². The molecule has 0 amide bonds. The van der Waals surface area contributed by atoms with Gasteiger partial charge in [-0.15, -0.1) is 0 Å². The van der Waals surface area contributed by atoms with Crippen molar-refractivity contribution >= 4 is 23.1 Å². The second-order valence-corrected chi connectivity index (χ2v) is 7.08. The number of ether oxygens (including phenoxy) is 1. The van der Waals surface area contributed by atoms with E-state index in [9.17, 15) is 0 Å². The Bertz CT molecular complexity index is 933. The largest absolute Gasteiger partial charge is 0.478 e. The van der Waals surface area contributed by atoms with Crippen LogP contribution >= 0.6 is 0 Å². The highest BCUT2D eigenvalue weighted by Crippen LogP contribution is 2.24. The lowest BCUT2D eigenvalue weighted by Crippen LogP contribution is -2.22. The van der Waals surface area contributed by atoms with Gasteiger partial charge in [-0.25, -0.2) is 9.97 Å². The number of likely N-dealkylation sites (tertiary alicyclic amines) is 1. The molecule has 4 rings (SSSR count). The van der Waals surface area contributed by atoms with Crippen LogP contribution in [0.3, 0.4) is 0 Å². The Morgan fingerprint density at radius 1 is 1.14 bits per heavy atom. The Morgan fingerprint density at radius 2 is 2.00 bits per heavy atom. The fraction of sp³-hybridized carbons (Fsp3) is 0.450. The molecule has 0 aromatic carbocycles. The van der Waals surface area contributed by atoms with E-state index in [1.165, 1.54) is 25.9 Å². The van der Waals surface area contributed by atoms with Crippen LogP contribution in [0.1, 0.15) is 25.0 Å². The van der Waals surface area contributed by atoms with E-state index in [2.05, 4.69) is 30.5 Å². The number of pyridine rings is 1. The van der Waals surface area contributed by atoms with E-state index in [0.717, 1.165) is 41.7 Å². The molecule has 0 bridgehead atoms. The maximum absolute atomic E-state index is 6.09. The first-order valence-electron chi connectivity index (χ1n) is 9.84. The summed E-state index contributed by atoms with van der Waals surface area (Å²) in [6.07, 6.45) is 7.34. The van der Waals surface area contributed by atoms with Crippen molar-refractivity contribution in [3.63, 3.8) is 0 Å². The van der Waals surface area contributed by atoms with Crippen molar-refractivity contribution in [2.75, 3.05) is 43.9 Å². The Hall–Kier alpha value is -2.87. The summed E-state index contributed by atoms with van der Waals surface area (Å²) in [6.45, 7) is 6.15. The molecule has 3 aromatic rings. The first-order chi connectivity index (χ1) is 13.7. The van der Waals surface area contributed by atoms with Crippen LogP contribution in [0.25, 0.3) is 5.65 Å². The molecule has 0 atom stereocenters. The number of anilines is 3. The molecule has 3 aromatic heterocycles. The zero-order valence-corrected chi connectivity index (χ0v) is 16.5. The predicted molar refractivity (Wildman–Crippen MR) is 111 cm³/mol. The summed E-state index contributed by atoms with van der Waals surface area (Å²) in [5, 5.41) is 6.33. The van der Waals surface area contributed by atoms with Crippen molar-refractivity contribution in [3.8, 4) is 5.88 Å². The van der Waals surface area contributed by atoms with Crippen LogP contribution < -0.4 is 15.4 Å². The molecule has 1 aliphatic heterocycles. The van der Waals surface area contributed by atoms with Gasteiger partial charge in [0, 0.05) is 55.6 Å². The minimum Gasteiger partial charge on any atom is -0.478 e. The van der Waals surface area contributed by atoms with E-state index < -0.39 is 0 Å². The van der Waals surface area contributed by atoms with Gasteiger partial charge >= 0.3 is 0 Å². The zero-order chi connectivity index (χ0) is 19.3. The van der Waals surface area contributed by atoms with Crippen LogP contribution in [0.15, 0.2) is 30.6 Å². The average Bonchev–Trinajstić information content (AvgIpc) is 3.36. The van der Waals surface area contributed by atoms with E-state index in [0.29, 0.717) is 12.6 Å². The lowest BCUT2D eigenvalue weighted by Gasteiger charge is -2.15. The minimum absolute atomic E-state index is 0.542. The van der Waals surface area contributed by atoms with Crippen molar-refractivity contribution in [1.29, 1.82) is 0 Å². The molecule has 4 heterocycles. The van der Waals surface area contributed by atoms with E-state index in [1.54, 1.807) is 6.20 Å². The molecule has 0 unspecified atom stereocenters. The highest BCUT2D eigenvalue weighted by atomic mass is 16.5. The summed E-state index contributed by atoms with van der Waals surface area (Å²) in [5.41, 5.74) is 2.56. The maximum atomic E-state index is 6.09. The number of aryl methyl sites for hydroxylation is 1. The number of aromatic nitrogens is 4. The Balaban J connectivity index is 1.47. The number of nitrogens with zero attached hydrogens (tertiary/aromatic N) is 5. The Kier molecular flexibility index (Phi) is 5.57. The fourth-order valence-corrected chi connectivity index (χ4v) is 3.53. The summed E-state index contributed by atoms with van der Waals surface area (Å²) in [6, 6.07) is 5.83. The summed E-state index contributed by atoms with van der Waals surface area (Å²) in [4.78, 5) is 15.8. The standard InChI is InChI=1S/C20H27N7O/c1-15-12-17(21-2)25-20(23-15)24-16-13-18-22-6-10-27(18)19(14-16)28-11-5-9-26-7-3-4-8-26/h6,10,12-14H,3-5,7-9,11H2,1-2H3,(H2,21,23,24,25). The molecule has 2 N–H and O–H groups in total. The predicted octanol–water partition coefficient (Wildman–Crippen LogP) is 3.08. The van der Waals surface area contributed by atoms with Gasteiger partial charge in [-0.05, 0) is 39.3 Å². The van der Waals surface area contributed by atoms with Gasteiger partial charge in [0.15, 0.2) is 0 Å². The Labute approximate surface area is 165 Å². The van der Waals surface area contributed by atoms with E-state index in [4.69, 9.17) is 4.74 Å². The molecule has 148 valence electrons. The summed E-state index contributed by atoms with van der Waals surface area (Å²) >= 11 is 0. The number of imidazole rings is 1. The van der Waals surface area contributed by atoms with Crippen molar-refractivity contribution in [2.24, 2.45) is 0 Å². The summed E-state index contributed by atoms with van der Waals surface area (Å²) in [7, 11) is 1.84. The van der Waals surface area contributed by atoms with Gasteiger partial charge < -0.3 is 20.3 Å². The van der Waals surface area contributed by atoms with Crippen LogP contribution in [0.2, 0.25) is 0 Å². The third kappa shape index (κ3) is 4.33. The molecule has 28 heavy (non-hydrogen) atoms. The molecule has 1 fully saturated rings. The van der Waals surface area contributed by atoms with Gasteiger partial charge in [-0.3, -0.25) is 4.40 Å². The molecule has 0 spiro atoms. The Morgan fingerprint density at radius 3 is 2.82 bits per heavy atom. The second-order valence-electron chi connectivity index (χ2n) is 7.08. The molecule has 8 heteroatoms. The fourth-order valence-electron chi connectivity index (χ4n) is 3.53. The molecule has 0 aliphatic carbocycles. The third-order valence-electron chi connectivity index (χ3n) is 4.90. The van der Waals surface area contributed by atoms with Crippen LogP contribution in [0.5, 0.6) is 5.88 Å². The third-order valence-corrected chi connectivity index (χ3v) is 4.90. The topological polar surface area (TPSA) is 79.6 Å². The molecular weight excluding hydrogens is 354 g/mol. The van der Waals surface area contributed by atoms with Gasteiger partial charge in [0.1, 0.15) is 11.5 Å². The minimum atomic E-state index is 0.542. The first-order valence-corrected chi connectivity index (χ1v) is 9.84. The van der Waals surface area contributed by atoms with Gasteiger partial charge in [-0.2, -0.15) is 4.98 Å². The quantitative estimate of drug-likeness (QED) is 0.581. The highest BCUT2D eigenvalue weighted by molar-refractivity contribution is 5.63. The van der Waals surface area contributed by atoms with Crippen LogP contribution in [0.4, 0.5) is 17.5 Å². The van der Waals surface area contributed by atoms with Crippen LogP contribution in [-0.2, 0) is 0 Å². The molecule has 8 nitrogen and oxygen atoms in total. The lowest BCUT2D eigenvalue weighted by atomic mass is 10.3. The van der Waals surface area contributed by atoms with Crippen LogP contribution in [0, 0.1) is 6.92 Å². The molecule has 1 aliphatic rings. The van der Waals surface area contributed by atoms with Crippen molar-refractivity contribution < 1.29 is 4.74 Å². The van der Waals surface area contributed by atoms with Gasteiger partial charge in [0.25, 0.3) is 0 Å². The number of fused-ring (bicyclic) bond motifs is 1. The summed E-state index contributed by atoms with van der Waals surface area (Å²) in [5.74, 6) is 2.08. The lowest BCUT2D eigenvalue weighted by molar-refractivity contribution is 0.255. The number of hydrogen-bond acceptors (Lipinski definition) is 7. The monoisotopic (exact) mass is 381 g/mol. The average molecular weight is 381 g/mol. The molecule has 0 saturated carbocycles. The zero-order valence-electron chi connectivity index (χ0n) is 16.5. The highest BCUT2D eigenvalue weighted by Gasteiger charge is 2.12. The van der Waals surface area contributed by atoms with E-state index in [-0.39, 0.29) is 0 Å². The molecular formula is C20H27N7O. The number of hydrogen-bond donors (Lipinski definition) is 2. The first kappa shape index (κ1) is 18.5. The number of nitrogens with one attached hydrogen (secondary N) is 2.